The van der Waals surface area contributed by atoms with E-state index in [0.29, 0.717) is 24.8 Å². The average Bonchev–Trinajstić information content (AvgIpc) is 2.60. The van der Waals surface area contributed by atoms with Gasteiger partial charge in [0.1, 0.15) is 11.9 Å². The summed E-state index contributed by atoms with van der Waals surface area (Å²) in [6.07, 6.45) is 3.21. The van der Waals surface area contributed by atoms with Crippen LogP contribution in [0.4, 0.5) is 0 Å². The number of hydrogen-bond acceptors (Lipinski definition) is 5. The van der Waals surface area contributed by atoms with Crippen molar-refractivity contribution in [3.05, 3.63) is 35.4 Å². The van der Waals surface area contributed by atoms with Crippen LogP contribution < -0.4 is 16.9 Å². The van der Waals surface area contributed by atoms with Gasteiger partial charge in [0.05, 0.1) is 6.61 Å². The number of rotatable bonds is 6. The number of benzene rings is 1. The van der Waals surface area contributed by atoms with Crippen molar-refractivity contribution >= 4 is 11.8 Å². The molecule has 1 aromatic carbocycles. The van der Waals surface area contributed by atoms with E-state index in [1.54, 1.807) is 0 Å². The van der Waals surface area contributed by atoms with Gasteiger partial charge in [0.25, 0.3) is 0 Å². The molecule has 1 heterocycles. The molecule has 6 heteroatoms. The third-order valence-electron chi connectivity index (χ3n) is 4.29. The van der Waals surface area contributed by atoms with Crippen LogP contribution in [0.15, 0.2) is 29.4 Å². The summed E-state index contributed by atoms with van der Waals surface area (Å²) in [7, 11) is 0. The maximum atomic E-state index is 12.0. The fourth-order valence-corrected chi connectivity index (χ4v) is 3.11. The first-order valence-electron chi connectivity index (χ1n) is 8.15. The van der Waals surface area contributed by atoms with E-state index in [1.165, 1.54) is 11.1 Å². The highest BCUT2D eigenvalue weighted by molar-refractivity contribution is 5.80. The van der Waals surface area contributed by atoms with E-state index in [1.807, 2.05) is 19.1 Å². The lowest BCUT2D eigenvalue weighted by Crippen LogP contribution is -2.44. The second kappa shape index (κ2) is 8.53. The number of carbonyl (C=O) groups excluding carboxylic acids is 1. The topological polar surface area (TPSA) is 103 Å². The first-order valence-corrected chi connectivity index (χ1v) is 8.15. The Bertz CT molecular complexity index is 559. The van der Waals surface area contributed by atoms with Gasteiger partial charge in [0.15, 0.2) is 0 Å². The molecule has 1 aromatic rings. The number of piperidine rings is 1. The number of ether oxygens (including phenoxy) is 1. The van der Waals surface area contributed by atoms with E-state index in [4.69, 9.17) is 16.3 Å². The molecule has 5 N–H and O–H groups in total. The van der Waals surface area contributed by atoms with Gasteiger partial charge in [-0.25, -0.2) is 0 Å². The van der Waals surface area contributed by atoms with Crippen molar-refractivity contribution in [1.29, 1.82) is 0 Å². The predicted molar refractivity (Wildman–Crippen MR) is 91.0 cm³/mol. The van der Waals surface area contributed by atoms with Gasteiger partial charge in [0, 0.05) is 6.42 Å². The largest absolute Gasteiger partial charge is 0.465 e. The van der Waals surface area contributed by atoms with Crippen LogP contribution in [0.1, 0.15) is 43.2 Å². The molecule has 2 unspecified atom stereocenters. The summed E-state index contributed by atoms with van der Waals surface area (Å²) in [6.45, 7) is 3.06. The average molecular weight is 318 g/mol. The molecule has 0 aliphatic carbocycles. The minimum atomic E-state index is -0.225. The first kappa shape index (κ1) is 17.3. The summed E-state index contributed by atoms with van der Waals surface area (Å²) in [4.78, 5) is 12.0. The standard InChI is InChI=1S/C17H26N4O2/c1-2-23-17(22)15-11-13(9-10-20-15)14-6-4-3-5-12(14)7-8-16(18)21-19/h3-6,13,15,20H,2,7-11,19H2,1H3,(H2,18,21). The third kappa shape index (κ3) is 4.69. The smallest absolute Gasteiger partial charge is 0.323 e. The van der Waals surface area contributed by atoms with E-state index in [9.17, 15) is 4.79 Å². The summed E-state index contributed by atoms with van der Waals surface area (Å²) >= 11 is 0. The molecule has 6 nitrogen and oxygen atoms in total. The number of amidine groups is 1. The molecule has 1 aliphatic heterocycles. The number of hydrogen-bond donors (Lipinski definition) is 3. The fourth-order valence-electron chi connectivity index (χ4n) is 3.11. The molecule has 1 fully saturated rings. The van der Waals surface area contributed by atoms with Crippen molar-refractivity contribution in [3.8, 4) is 0 Å². The van der Waals surface area contributed by atoms with Crippen LogP contribution in [0.25, 0.3) is 0 Å². The Balaban J connectivity index is 2.09. The summed E-state index contributed by atoms with van der Waals surface area (Å²) in [5, 5.41) is 6.78. The third-order valence-corrected chi connectivity index (χ3v) is 4.29. The van der Waals surface area contributed by atoms with Crippen molar-refractivity contribution < 1.29 is 9.53 Å². The predicted octanol–water partition coefficient (Wildman–Crippen LogP) is 1.25. The molecular formula is C17H26N4O2. The second-order valence-corrected chi connectivity index (χ2v) is 5.80. The molecule has 1 saturated heterocycles. The Morgan fingerprint density at radius 1 is 1.43 bits per heavy atom. The molecule has 0 amide bonds. The molecule has 2 rings (SSSR count). The number of nitrogens with zero attached hydrogens (tertiary/aromatic N) is 1. The zero-order valence-electron chi connectivity index (χ0n) is 13.6. The van der Waals surface area contributed by atoms with E-state index in [0.717, 1.165) is 25.8 Å². The van der Waals surface area contributed by atoms with E-state index in [-0.39, 0.29) is 12.0 Å². The lowest BCUT2D eigenvalue weighted by Gasteiger charge is -2.30. The maximum Gasteiger partial charge on any atom is 0.323 e. The normalized spacial score (nSPS) is 21.9. The van der Waals surface area contributed by atoms with Crippen LogP contribution in [-0.2, 0) is 16.0 Å². The van der Waals surface area contributed by atoms with Crippen LogP contribution in [0.3, 0.4) is 0 Å². The quantitative estimate of drug-likeness (QED) is 0.241. The minimum Gasteiger partial charge on any atom is -0.465 e. The zero-order valence-corrected chi connectivity index (χ0v) is 13.6. The first-order chi connectivity index (χ1) is 11.2. The molecule has 23 heavy (non-hydrogen) atoms. The van der Waals surface area contributed by atoms with Gasteiger partial charge in [-0.2, -0.15) is 5.10 Å². The van der Waals surface area contributed by atoms with E-state index < -0.39 is 0 Å². The summed E-state index contributed by atoms with van der Waals surface area (Å²) < 4.78 is 5.14. The van der Waals surface area contributed by atoms with Gasteiger partial charge >= 0.3 is 5.97 Å². The molecule has 0 bridgehead atoms. The van der Waals surface area contributed by atoms with Gasteiger partial charge in [-0.1, -0.05) is 24.3 Å². The maximum absolute atomic E-state index is 12.0. The van der Waals surface area contributed by atoms with Crippen molar-refractivity contribution in [3.63, 3.8) is 0 Å². The van der Waals surface area contributed by atoms with Crippen LogP contribution in [0.2, 0.25) is 0 Å². The second-order valence-electron chi connectivity index (χ2n) is 5.80. The van der Waals surface area contributed by atoms with E-state index in [2.05, 4.69) is 22.6 Å². The van der Waals surface area contributed by atoms with Crippen molar-refractivity contribution in [1.82, 2.24) is 5.32 Å². The molecule has 1 aliphatic rings. The Kier molecular flexibility index (Phi) is 6.40. The van der Waals surface area contributed by atoms with Gasteiger partial charge in [-0.15, -0.1) is 0 Å². The van der Waals surface area contributed by atoms with Gasteiger partial charge < -0.3 is 21.6 Å². The molecule has 126 valence electrons. The SMILES string of the molecule is CCOC(=O)C1CC(c2ccccc2CC/C(N)=N/N)CCN1. The van der Waals surface area contributed by atoms with Gasteiger partial charge in [-0.3, -0.25) is 4.79 Å². The minimum absolute atomic E-state index is 0.158. The van der Waals surface area contributed by atoms with E-state index >= 15 is 0 Å². The van der Waals surface area contributed by atoms with Gasteiger partial charge in [-0.05, 0) is 49.8 Å². The monoisotopic (exact) mass is 318 g/mol. The molecule has 0 saturated carbocycles. The highest BCUT2D eigenvalue weighted by Gasteiger charge is 2.29. The number of esters is 1. The van der Waals surface area contributed by atoms with Gasteiger partial charge in [0.2, 0.25) is 0 Å². The summed E-state index contributed by atoms with van der Waals surface area (Å²) in [5.41, 5.74) is 8.23. The van der Waals surface area contributed by atoms with Crippen LogP contribution in [0, 0.1) is 0 Å². The molecule has 0 radical (unpaired) electrons. The lowest BCUT2D eigenvalue weighted by molar-refractivity contribution is -0.146. The highest BCUT2D eigenvalue weighted by Crippen LogP contribution is 2.31. The van der Waals surface area contributed by atoms with Crippen molar-refractivity contribution in [2.75, 3.05) is 13.2 Å². The fraction of sp³-hybridized carbons (Fsp3) is 0.529. The number of aryl methyl sites for hydroxylation is 1. The molecule has 0 spiro atoms. The molecule has 0 aromatic heterocycles. The van der Waals surface area contributed by atoms with Crippen LogP contribution >= 0.6 is 0 Å². The summed E-state index contributed by atoms with van der Waals surface area (Å²) in [6, 6.07) is 8.10. The van der Waals surface area contributed by atoms with Crippen molar-refractivity contribution in [2.24, 2.45) is 16.7 Å². The number of carbonyl (C=O) groups is 1. The van der Waals surface area contributed by atoms with Crippen molar-refractivity contribution in [2.45, 2.75) is 44.6 Å². The Labute approximate surface area is 137 Å². The number of nitrogens with two attached hydrogens (primary N) is 2. The number of hydrazone groups is 1. The summed E-state index contributed by atoms with van der Waals surface area (Å²) in [5.74, 6) is 5.84. The molecule has 2 atom stereocenters. The Morgan fingerprint density at radius 3 is 2.96 bits per heavy atom. The Morgan fingerprint density at radius 2 is 2.22 bits per heavy atom. The molecular weight excluding hydrogens is 292 g/mol. The van der Waals surface area contributed by atoms with Crippen LogP contribution in [0.5, 0.6) is 0 Å². The Hall–Kier alpha value is -2.08. The van der Waals surface area contributed by atoms with Crippen LogP contribution in [-0.4, -0.2) is 31.0 Å². The lowest BCUT2D eigenvalue weighted by atomic mass is 9.83. The zero-order chi connectivity index (χ0) is 16.7. The number of nitrogens with one attached hydrogen (secondary N) is 1. The highest BCUT2D eigenvalue weighted by atomic mass is 16.5.